The molecule has 1 fully saturated rings. The van der Waals surface area contributed by atoms with E-state index in [1.807, 2.05) is 42.7 Å². The van der Waals surface area contributed by atoms with Gasteiger partial charge < -0.3 is 14.5 Å². The molecule has 1 saturated heterocycles. The van der Waals surface area contributed by atoms with Crippen molar-refractivity contribution in [3.8, 4) is 5.75 Å². The molecule has 144 valence electrons. The first-order valence-electron chi connectivity index (χ1n) is 9.37. The highest BCUT2D eigenvalue weighted by Crippen LogP contribution is 2.25. The van der Waals surface area contributed by atoms with Crippen LogP contribution in [0.1, 0.15) is 51.7 Å². The molecule has 0 spiro atoms. The van der Waals surface area contributed by atoms with Crippen LogP contribution in [0.5, 0.6) is 5.75 Å². The summed E-state index contributed by atoms with van der Waals surface area (Å²) in [7, 11) is 1.63. The molecule has 0 aromatic heterocycles. The highest BCUT2D eigenvalue weighted by atomic mass is 16.5. The summed E-state index contributed by atoms with van der Waals surface area (Å²) >= 11 is 0. The molecular formula is C21H32N2O3. The van der Waals surface area contributed by atoms with Crippen LogP contribution in [0.3, 0.4) is 0 Å². The monoisotopic (exact) mass is 360 g/mol. The number of carbonyl (C=O) groups is 2. The molecule has 2 rings (SSSR count). The molecule has 0 unspecified atom stereocenters. The Bertz CT molecular complexity index is 654. The van der Waals surface area contributed by atoms with Gasteiger partial charge in [-0.05, 0) is 17.5 Å². The average molecular weight is 360 g/mol. The number of rotatable bonds is 4. The predicted molar refractivity (Wildman–Crippen MR) is 103 cm³/mol. The summed E-state index contributed by atoms with van der Waals surface area (Å²) in [5, 5.41) is 0. The largest absolute Gasteiger partial charge is 0.496 e. The maximum Gasteiger partial charge on any atom is 0.228 e. The Labute approximate surface area is 157 Å². The van der Waals surface area contributed by atoms with E-state index in [0.717, 1.165) is 11.3 Å². The van der Waals surface area contributed by atoms with E-state index in [2.05, 4.69) is 19.9 Å². The first kappa shape index (κ1) is 20.3. The summed E-state index contributed by atoms with van der Waals surface area (Å²) < 4.78 is 5.43. The Hall–Kier alpha value is -2.04. The minimum Gasteiger partial charge on any atom is -0.496 e. The number of methoxy groups -OCH3 is 1. The molecule has 0 N–H and O–H groups in total. The number of amides is 2. The van der Waals surface area contributed by atoms with Crippen LogP contribution in [-0.4, -0.2) is 54.9 Å². The first-order chi connectivity index (χ1) is 12.1. The third kappa shape index (κ3) is 4.77. The number of hydrogen-bond acceptors (Lipinski definition) is 3. The molecule has 1 aromatic rings. The molecule has 0 aliphatic carbocycles. The summed E-state index contributed by atoms with van der Waals surface area (Å²) in [6, 6.07) is 6.06. The molecular weight excluding hydrogens is 328 g/mol. The van der Waals surface area contributed by atoms with Gasteiger partial charge in [-0.15, -0.1) is 0 Å². The Morgan fingerprint density at radius 3 is 2.15 bits per heavy atom. The van der Waals surface area contributed by atoms with E-state index in [9.17, 15) is 9.59 Å². The van der Waals surface area contributed by atoms with Gasteiger partial charge in [0.25, 0.3) is 0 Å². The predicted octanol–water partition coefficient (Wildman–Crippen LogP) is 3.08. The molecule has 26 heavy (non-hydrogen) atoms. The van der Waals surface area contributed by atoms with Crippen molar-refractivity contribution in [3.05, 3.63) is 29.3 Å². The quantitative estimate of drug-likeness (QED) is 0.829. The SMILES string of the molecule is COc1ccc(C(C)C)cc1CC(=O)N1CCN(C(=O)C(C)(C)C)CC1. The molecule has 0 atom stereocenters. The zero-order chi connectivity index (χ0) is 19.5. The van der Waals surface area contributed by atoms with E-state index in [4.69, 9.17) is 4.74 Å². The van der Waals surface area contributed by atoms with Crippen molar-refractivity contribution in [1.29, 1.82) is 0 Å². The Balaban J connectivity index is 2.01. The lowest BCUT2D eigenvalue weighted by Crippen LogP contribution is -2.53. The van der Waals surface area contributed by atoms with Gasteiger partial charge in [0.1, 0.15) is 5.75 Å². The maximum absolute atomic E-state index is 12.8. The van der Waals surface area contributed by atoms with E-state index in [1.54, 1.807) is 7.11 Å². The molecule has 1 aliphatic heterocycles. The minimum absolute atomic E-state index is 0.0899. The molecule has 1 aliphatic rings. The molecule has 0 saturated carbocycles. The van der Waals surface area contributed by atoms with Crippen LogP contribution in [0.2, 0.25) is 0 Å². The number of hydrogen-bond donors (Lipinski definition) is 0. The number of piperazine rings is 1. The van der Waals surface area contributed by atoms with Crippen molar-refractivity contribution in [2.75, 3.05) is 33.3 Å². The van der Waals surface area contributed by atoms with Gasteiger partial charge in [0.15, 0.2) is 0 Å². The number of benzene rings is 1. The summed E-state index contributed by atoms with van der Waals surface area (Å²) in [6.45, 7) is 12.5. The zero-order valence-corrected chi connectivity index (χ0v) is 17.0. The van der Waals surface area contributed by atoms with E-state index >= 15 is 0 Å². The van der Waals surface area contributed by atoms with Gasteiger partial charge >= 0.3 is 0 Å². The molecule has 5 nitrogen and oxygen atoms in total. The van der Waals surface area contributed by atoms with E-state index in [1.165, 1.54) is 5.56 Å². The summed E-state index contributed by atoms with van der Waals surface area (Å²) in [6.07, 6.45) is 0.330. The van der Waals surface area contributed by atoms with Gasteiger partial charge in [0, 0.05) is 37.2 Å². The fourth-order valence-electron chi connectivity index (χ4n) is 3.20. The fraction of sp³-hybridized carbons (Fsp3) is 0.619. The van der Waals surface area contributed by atoms with Gasteiger partial charge in [-0.2, -0.15) is 0 Å². The number of ether oxygens (including phenoxy) is 1. The third-order valence-electron chi connectivity index (χ3n) is 4.87. The van der Waals surface area contributed by atoms with E-state index < -0.39 is 0 Å². The molecule has 5 heteroatoms. The highest BCUT2D eigenvalue weighted by Gasteiger charge is 2.31. The second-order valence-corrected chi connectivity index (χ2v) is 8.33. The van der Waals surface area contributed by atoms with Crippen LogP contribution >= 0.6 is 0 Å². The van der Waals surface area contributed by atoms with Crippen molar-refractivity contribution >= 4 is 11.8 Å². The van der Waals surface area contributed by atoms with Crippen LogP contribution in [0.15, 0.2) is 18.2 Å². The van der Waals surface area contributed by atoms with Gasteiger partial charge in [0.05, 0.1) is 13.5 Å². The third-order valence-corrected chi connectivity index (χ3v) is 4.87. The molecule has 1 aromatic carbocycles. The van der Waals surface area contributed by atoms with Crippen molar-refractivity contribution < 1.29 is 14.3 Å². The van der Waals surface area contributed by atoms with Gasteiger partial charge in [-0.25, -0.2) is 0 Å². The lowest BCUT2D eigenvalue weighted by Gasteiger charge is -2.37. The van der Waals surface area contributed by atoms with E-state index in [0.29, 0.717) is 38.5 Å². The summed E-state index contributed by atoms with van der Waals surface area (Å²) in [5.74, 6) is 1.40. The molecule has 0 radical (unpaired) electrons. The topological polar surface area (TPSA) is 49.9 Å². The Morgan fingerprint density at radius 1 is 1.08 bits per heavy atom. The van der Waals surface area contributed by atoms with Crippen LogP contribution in [0, 0.1) is 5.41 Å². The molecule has 0 bridgehead atoms. The second kappa shape index (κ2) is 8.11. The van der Waals surface area contributed by atoms with Gasteiger partial charge in [-0.1, -0.05) is 46.8 Å². The van der Waals surface area contributed by atoms with Gasteiger partial charge in [0.2, 0.25) is 11.8 Å². The van der Waals surface area contributed by atoms with Crippen LogP contribution in [0.25, 0.3) is 0 Å². The highest BCUT2D eigenvalue weighted by molar-refractivity contribution is 5.83. The minimum atomic E-state index is -0.378. The Morgan fingerprint density at radius 2 is 1.65 bits per heavy atom. The van der Waals surface area contributed by atoms with Crippen molar-refractivity contribution in [3.63, 3.8) is 0 Å². The van der Waals surface area contributed by atoms with Crippen LogP contribution < -0.4 is 4.74 Å². The lowest BCUT2D eigenvalue weighted by molar-refractivity contribution is -0.144. The van der Waals surface area contributed by atoms with Crippen molar-refractivity contribution in [2.45, 2.75) is 47.0 Å². The van der Waals surface area contributed by atoms with Crippen LogP contribution in [-0.2, 0) is 16.0 Å². The maximum atomic E-state index is 12.8. The fourth-order valence-corrected chi connectivity index (χ4v) is 3.20. The van der Waals surface area contributed by atoms with Crippen LogP contribution in [0.4, 0.5) is 0 Å². The van der Waals surface area contributed by atoms with Gasteiger partial charge in [-0.3, -0.25) is 9.59 Å². The standard InChI is InChI=1S/C21H32N2O3/c1-15(2)16-7-8-18(26-6)17(13-16)14-19(24)22-9-11-23(12-10-22)20(25)21(3,4)5/h7-8,13,15H,9-12,14H2,1-6H3. The smallest absolute Gasteiger partial charge is 0.228 e. The lowest BCUT2D eigenvalue weighted by atomic mass is 9.94. The molecule has 2 amide bonds. The first-order valence-corrected chi connectivity index (χ1v) is 9.37. The number of carbonyl (C=O) groups excluding carboxylic acids is 2. The number of nitrogens with zero attached hydrogens (tertiary/aromatic N) is 2. The van der Waals surface area contributed by atoms with Crippen molar-refractivity contribution in [2.24, 2.45) is 5.41 Å². The normalized spacial score (nSPS) is 15.3. The average Bonchev–Trinajstić information content (AvgIpc) is 2.60. The zero-order valence-electron chi connectivity index (χ0n) is 17.0. The molecule has 1 heterocycles. The van der Waals surface area contributed by atoms with E-state index in [-0.39, 0.29) is 17.2 Å². The van der Waals surface area contributed by atoms with Crippen molar-refractivity contribution in [1.82, 2.24) is 9.80 Å². The summed E-state index contributed by atoms with van der Waals surface area (Å²) in [5.41, 5.74) is 1.75. The Kier molecular flexibility index (Phi) is 6.32. The second-order valence-electron chi connectivity index (χ2n) is 8.33. The summed E-state index contributed by atoms with van der Waals surface area (Å²) in [4.78, 5) is 28.9.